The highest BCUT2D eigenvalue weighted by molar-refractivity contribution is 9.10. The Labute approximate surface area is 198 Å². The van der Waals surface area contributed by atoms with E-state index < -0.39 is 10.0 Å². The van der Waals surface area contributed by atoms with E-state index in [1.54, 1.807) is 12.1 Å². The highest BCUT2D eigenvalue weighted by Gasteiger charge is 2.27. The van der Waals surface area contributed by atoms with Crippen LogP contribution in [0.1, 0.15) is 26.3 Å². The largest absolute Gasteiger partial charge is 0.483 e. The summed E-state index contributed by atoms with van der Waals surface area (Å²) in [5.41, 5.74) is 1.38. The van der Waals surface area contributed by atoms with Gasteiger partial charge in [-0.05, 0) is 54.9 Å². The number of hydrogen-bond donors (Lipinski definition) is 1. The molecule has 174 valence electrons. The van der Waals surface area contributed by atoms with Gasteiger partial charge in [0, 0.05) is 41.9 Å². The Hall–Kier alpha value is -1.94. The lowest BCUT2D eigenvalue weighted by atomic mass is 9.86. The van der Waals surface area contributed by atoms with Crippen LogP contribution in [-0.2, 0) is 20.2 Å². The first-order chi connectivity index (χ1) is 15.0. The third kappa shape index (κ3) is 6.10. The Morgan fingerprint density at radius 3 is 2.28 bits per heavy atom. The fraction of sp³-hybridized carbons (Fsp3) is 0.435. The highest BCUT2D eigenvalue weighted by atomic mass is 79.9. The van der Waals surface area contributed by atoms with Crippen molar-refractivity contribution in [3.8, 4) is 5.75 Å². The van der Waals surface area contributed by atoms with Crippen LogP contribution in [0.25, 0.3) is 0 Å². The van der Waals surface area contributed by atoms with Crippen molar-refractivity contribution in [1.82, 2.24) is 9.21 Å². The van der Waals surface area contributed by atoms with Gasteiger partial charge in [0.05, 0.1) is 4.90 Å². The lowest BCUT2D eigenvalue weighted by molar-refractivity contribution is -0.118. The van der Waals surface area contributed by atoms with E-state index in [1.807, 2.05) is 25.2 Å². The quantitative estimate of drug-likeness (QED) is 0.624. The van der Waals surface area contributed by atoms with Gasteiger partial charge in [-0.1, -0.05) is 36.7 Å². The molecule has 2 aromatic carbocycles. The maximum absolute atomic E-state index is 12.8. The van der Waals surface area contributed by atoms with Crippen LogP contribution in [0.4, 0.5) is 5.69 Å². The topological polar surface area (TPSA) is 79.0 Å². The van der Waals surface area contributed by atoms with Crippen molar-refractivity contribution in [1.29, 1.82) is 0 Å². The van der Waals surface area contributed by atoms with Crippen LogP contribution >= 0.6 is 15.9 Å². The van der Waals surface area contributed by atoms with Gasteiger partial charge in [0.1, 0.15) is 5.75 Å². The number of halogens is 1. The fourth-order valence-corrected chi connectivity index (χ4v) is 5.23. The van der Waals surface area contributed by atoms with Gasteiger partial charge in [0.25, 0.3) is 5.91 Å². The predicted molar refractivity (Wildman–Crippen MR) is 130 cm³/mol. The normalized spacial score (nSPS) is 16.0. The van der Waals surface area contributed by atoms with Crippen LogP contribution in [0, 0.1) is 0 Å². The molecule has 3 rings (SSSR count). The number of sulfonamides is 1. The highest BCUT2D eigenvalue weighted by Crippen LogP contribution is 2.33. The molecule has 0 saturated carbocycles. The molecule has 1 heterocycles. The van der Waals surface area contributed by atoms with Crippen LogP contribution in [0.3, 0.4) is 0 Å². The molecule has 0 unspecified atom stereocenters. The van der Waals surface area contributed by atoms with Crippen LogP contribution in [-0.4, -0.2) is 63.4 Å². The predicted octanol–water partition coefficient (Wildman–Crippen LogP) is 3.70. The van der Waals surface area contributed by atoms with Gasteiger partial charge in [0.2, 0.25) is 10.0 Å². The molecule has 1 aliphatic heterocycles. The molecule has 1 saturated heterocycles. The summed E-state index contributed by atoms with van der Waals surface area (Å²) in [7, 11) is -1.56. The second-order valence-electron chi connectivity index (χ2n) is 8.96. The molecule has 0 atom stereocenters. The van der Waals surface area contributed by atoms with Crippen LogP contribution in [0.2, 0.25) is 0 Å². The molecule has 32 heavy (non-hydrogen) atoms. The molecule has 0 spiro atoms. The summed E-state index contributed by atoms with van der Waals surface area (Å²) in [5, 5.41) is 2.76. The molecular formula is C23H30BrN3O4S. The molecule has 0 bridgehead atoms. The van der Waals surface area contributed by atoms with Crippen molar-refractivity contribution < 1.29 is 17.9 Å². The third-order valence-electron chi connectivity index (χ3n) is 5.35. The summed E-state index contributed by atoms with van der Waals surface area (Å²) < 4.78 is 33.9. The van der Waals surface area contributed by atoms with E-state index in [2.05, 4.69) is 46.9 Å². The summed E-state index contributed by atoms with van der Waals surface area (Å²) in [4.78, 5) is 14.7. The van der Waals surface area contributed by atoms with Crippen molar-refractivity contribution in [3.05, 3.63) is 52.5 Å². The van der Waals surface area contributed by atoms with E-state index in [4.69, 9.17) is 4.74 Å². The van der Waals surface area contributed by atoms with Gasteiger partial charge in [-0.3, -0.25) is 4.79 Å². The van der Waals surface area contributed by atoms with E-state index in [9.17, 15) is 13.2 Å². The zero-order valence-corrected chi connectivity index (χ0v) is 21.3. The molecule has 1 fully saturated rings. The van der Waals surface area contributed by atoms with Crippen LogP contribution in [0.5, 0.6) is 5.75 Å². The minimum atomic E-state index is -3.53. The number of piperazine rings is 1. The van der Waals surface area contributed by atoms with E-state index >= 15 is 0 Å². The van der Waals surface area contributed by atoms with E-state index in [0.29, 0.717) is 37.6 Å². The molecule has 0 radical (unpaired) electrons. The van der Waals surface area contributed by atoms with Crippen molar-refractivity contribution in [3.63, 3.8) is 0 Å². The lowest BCUT2D eigenvalue weighted by Gasteiger charge is -2.31. The van der Waals surface area contributed by atoms with Gasteiger partial charge < -0.3 is 15.0 Å². The Bertz CT molecular complexity index is 1060. The molecule has 0 aromatic heterocycles. The maximum atomic E-state index is 12.8. The molecule has 2 aromatic rings. The number of carbonyl (C=O) groups is 1. The standard InChI is InChI=1S/C23H30BrN3O4S/c1-23(2,3)20-15-17(24)5-10-21(20)31-16-22(28)25-18-6-8-19(9-7-18)32(29,30)27-13-11-26(4)12-14-27/h5-10,15H,11-14,16H2,1-4H3,(H,25,28). The molecule has 7 nitrogen and oxygen atoms in total. The lowest BCUT2D eigenvalue weighted by Crippen LogP contribution is -2.46. The van der Waals surface area contributed by atoms with Crippen molar-refractivity contribution in [2.45, 2.75) is 31.1 Å². The van der Waals surface area contributed by atoms with Gasteiger partial charge in [-0.25, -0.2) is 8.42 Å². The second kappa shape index (κ2) is 9.91. The van der Waals surface area contributed by atoms with Crippen LogP contribution in [0.15, 0.2) is 51.8 Å². The molecular weight excluding hydrogens is 494 g/mol. The van der Waals surface area contributed by atoms with Crippen LogP contribution < -0.4 is 10.1 Å². The van der Waals surface area contributed by atoms with Crippen molar-refractivity contribution >= 4 is 37.5 Å². The Morgan fingerprint density at radius 2 is 1.69 bits per heavy atom. The van der Waals surface area contributed by atoms with E-state index in [1.165, 1.54) is 16.4 Å². The average molecular weight is 524 g/mol. The summed E-state index contributed by atoms with van der Waals surface area (Å²) in [6.07, 6.45) is 0. The van der Waals surface area contributed by atoms with E-state index in [-0.39, 0.29) is 22.8 Å². The number of hydrogen-bond acceptors (Lipinski definition) is 5. The Balaban J connectivity index is 1.61. The van der Waals surface area contributed by atoms with Gasteiger partial charge in [-0.15, -0.1) is 0 Å². The first kappa shape index (κ1) is 24.7. The van der Waals surface area contributed by atoms with Gasteiger partial charge in [-0.2, -0.15) is 4.31 Å². The summed E-state index contributed by atoms with van der Waals surface area (Å²) in [6, 6.07) is 12.0. The first-order valence-electron chi connectivity index (χ1n) is 10.5. The summed E-state index contributed by atoms with van der Waals surface area (Å²) in [5.74, 6) is 0.340. The fourth-order valence-electron chi connectivity index (χ4n) is 3.44. The maximum Gasteiger partial charge on any atom is 0.262 e. The number of rotatable bonds is 6. The van der Waals surface area contributed by atoms with E-state index in [0.717, 1.165) is 10.0 Å². The van der Waals surface area contributed by atoms with Crippen molar-refractivity contribution in [2.24, 2.45) is 0 Å². The molecule has 1 amide bonds. The molecule has 9 heteroatoms. The SMILES string of the molecule is CN1CCN(S(=O)(=O)c2ccc(NC(=O)COc3ccc(Br)cc3C(C)(C)C)cc2)CC1. The Morgan fingerprint density at radius 1 is 1.06 bits per heavy atom. The summed E-state index contributed by atoms with van der Waals surface area (Å²) >= 11 is 3.48. The molecule has 1 N–H and O–H groups in total. The minimum absolute atomic E-state index is 0.138. The smallest absolute Gasteiger partial charge is 0.262 e. The number of nitrogens with zero attached hydrogens (tertiary/aromatic N) is 2. The minimum Gasteiger partial charge on any atom is -0.483 e. The second-order valence-corrected chi connectivity index (χ2v) is 11.8. The number of nitrogens with one attached hydrogen (secondary N) is 1. The first-order valence-corrected chi connectivity index (χ1v) is 12.7. The monoisotopic (exact) mass is 523 g/mol. The zero-order chi connectivity index (χ0) is 23.5. The number of carbonyl (C=O) groups excluding carboxylic acids is 1. The number of anilines is 1. The number of benzene rings is 2. The van der Waals surface area contributed by atoms with Gasteiger partial charge in [0.15, 0.2) is 6.61 Å². The molecule has 1 aliphatic rings. The number of likely N-dealkylation sites (N-methyl/N-ethyl adjacent to an activating group) is 1. The molecule has 0 aliphatic carbocycles. The third-order valence-corrected chi connectivity index (χ3v) is 7.75. The van der Waals surface area contributed by atoms with Gasteiger partial charge >= 0.3 is 0 Å². The number of amides is 1. The average Bonchev–Trinajstić information content (AvgIpc) is 2.73. The van der Waals surface area contributed by atoms with Crippen molar-refractivity contribution in [2.75, 3.05) is 45.2 Å². The zero-order valence-electron chi connectivity index (χ0n) is 18.9. The Kier molecular flexibility index (Phi) is 7.65. The number of ether oxygens (including phenoxy) is 1. The summed E-state index contributed by atoms with van der Waals surface area (Å²) in [6.45, 7) is 8.47.